The van der Waals surface area contributed by atoms with Crippen molar-refractivity contribution < 1.29 is 13.9 Å². The van der Waals surface area contributed by atoms with Crippen LogP contribution in [0.2, 0.25) is 0 Å². The first kappa shape index (κ1) is 17.9. The summed E-state index contributed by atoms with van der Waals surface area (Å²) in [7, 11) is 3.80. The predicted octanol–water partition coefficient (Wildman–Crippen LogP) is 3.26. The topological polar surface area (TPSA) is 41.6 Å². The van der Waals surface area contributed by atoms with Crippen LogP contribution in [0.25, 0.3) is 0 Å². The third-order valence-corrected chi connectivity index (χ3v) is 3.74. The van der Waals surface area contributed by atoms with Crippen LogP contribution in [-0.4, -0.2) is 38.1 Å². The van der Waals surface area contributed by atoms with E-state index in [0.29, 0.717) is 24.5 Å². The van der Waals surface area contributed by atoms with Crippen molar-refractivity contribution in [3.63, 3.8) is 0 Å². The second-order valence-corrected chi connectivity index (χ2v) is 5.67. The summed E-state index contributed by atoms with van der Waals surface area (Å²) in [5.74, 6) is 0.0688. The molecule has 5 heteroatoms. The van der Waals surface area contributed by atoms with Gasteiger partial charge in [0.05, 0.1) is 18.2 Å². The summed E-state index contributed by atoms with van der Waals surface area (Å²) in [6.45, 7) is 2.74. The van der Waals surface area contributed by atoms with Crippen molar-refractivity contribution in [2.24, 2.45) is 0 Å². The van der Waals surface area contributed by atoms with Gasteiger partial charge in [-0.2, -0.15) is 0 Å². The zero-order valence-corrected chi connectivity index (χ0v) is 14.3. The Morgan fingerprint density at radius 3 is 2.62 bits per heavy atom. The molecule has 0 aliphatic carbocycles. The maximum atomic E-state index is 13.5. The smallest absolute Gasteiger partial charge is 0.255 e. The van der Waals surface area contributed by atoms with Gasteiger partial charge in [-0.15, -0.1) is 0 Å². The number of hydrogen-bond donors (Lipinski definition) is 1. The summed E-state index contributed by atoms with van der Waals surface area (Å²) in [5.41, 5.74) is 1.31. The summed E-state index contributed by atoms with van der Waals surface area (Å²) in [6.07, 6.45) is 0. The van der Waals surface area contributed by atoms with E-state index in [2.05, 4.69) is 5.32 Å². The first-order valence-electron chi connectivity index (χ1n) is 7.94. The normalized spacial score (nSPS) is 12.0. The zero-order valence-electron chi connectivity index (χ0n) is 14.3. The minimum Gasteiger partial charge on any atom is -0.493 e. The molecule has 2 aromatic rings. The SMILES string of the molecule is CCOc1ccccc1C(=O)NC[C@@H](c1cccc(F)c1)N(C)C. The summed E-state index contributed by atoms with van der Waals surface area (Å²) in [6, 6.07) is 13.4. The number of nitrogens with zero attached hydrogens (tertiary/aromatic N) is 1. The van der Waals surface area contributed by atoms with Crippen molar-refractivity contribution in [1.29, 1.82) is 0 Å². The summed E-state index contributed by atoms with van der Waals surface area (Å²) in [5, 5.41) is 2.91. The molecule has 4 nitrogen and oxygen atoms in total. The average molecular weight is 330 g/mol. The van der Waals surface area contributed by atoms with Crippen LogP contribution in [-0.2, 0) is 0 Å². The number of nitrogens with one attached hydrogen (secondary N) is 1. The Morgan fingerprint density at radius 2 is 1.96 bits per heavy atom. The molecule has 2 rings (SSSR count). The highest BCUT2D eigenvalue weighted by Gasteiger charge is 2.18. The Labute approximate surface area is 142 Å². The van der Waals surface area contributed by atoms with Gasteiger partial charge in [-0.1, -0.05) is 24.3 Å². The second-order valence-electron chi connectivity index (χ2n) is 5.67. The van der Waals surface area contributed by atoms with Gasteiger partial charge in [0.2, 0.25) is 0 Å². The number of ether oxygens (including phenoxy) is 1. The predicted molar refractivity (Wildman–Crippen MR) is 92.8 cm³/mol. The number of hydrogen-bond acceptors (Lipinski definition) is 3. The molecule has 0 saturated heterocycles. The molecule has 0 radical (unpaired) electrons. The Bertz CT molecular complexity index is 689. The molecule has 0 unspecified atom stereocenters. The van der Waals surface area contributed by atoms with Gasteiger partial charge < -0.3 is 15.0 Å². The van der Waals surface area contributed by atoms with Gasteiger partial charge in [0, 0.05) is 6.54 Å². The molecule has 1 N–H and O–H groups in total. The highest BCUT2D eigenvalue weighted by atomic mass is 19.1. The van der Waals surface area contributed by atoms with Crippen molar-refractivity contribution in [2.75, 3.05) is 27.2 Å². The lowest BCUT2D eigenvalue weighted by molar-refractivity contribution is 0.0938. The van der Waals surface area contributed by atoms with Gasteiger partial charge in [0.1, 0.15) is 11.6 Å². The molecular weight excluding hydrogens is 307 g/mol. The molecule has 0 aliphatic heterocycles. The highest BCUT2D eigenvalue weighted by molar-refractivity contribution is 5.96. The van der Waals surface area contributed by atoms with Crippen LogP contribution in [0, 0.1) is 5.82 Å². The van der Waals surface area contributed by atoms with E-state index in [-0.39, 0.29) is 17.8 Å². The molecule has 0 heterocycles. The molecule has 0 fully saturated rings. The van der Waals surface area contributed by atoms with Crippen molar-refractivity contribution in [3.8, 4) is 5.75 Å². The van der Waals surface area contributed by atoms with Crippen molar-refractivity contribution >= 4 is 5.91 Å². The van der Waals surface area contributed by atoms with E-state index in [1.165, 1.54) is 12.1 Å². The number of likely N-dealkylation sites (N-methyl/N-ethyl adjacent to an activating group) is 1. The third-order valence-electron chi connectivity index (χ3n) is 3.74. The first-order valence-corrected chi connectivity index (χ1v) is 7.94. The molecule has 1 atom stereocenters. The zero-order chi connectivity index (χ0) is 17.5. The fourth-order valence-electron chi connectivity index (χ4n) is 2.53. The van der Waals surface area contributed by atoms with Crippen LogP contribution in [0.3, 0.4) is 0 Å². The van der Waals surface area contributed by atoms with Crippen LogP contribution in [0.4, 0.5) is 4.39 Å². The lowest BCUT2D eigenvalue weighted by Gasteiger charge is -2.25. The number of halogens is 1. The fraction of sp³-hybridized carbons (Fsp3) is 0.316. The molecule has 24 heavy (non-hydrogen) atoms. The van der Waals surface area contributed by atoms with Gasteiger partial charge >= 0.3 is 0 Å². The first-order chi connectivity index (χ1) is 11.5. The largest absolute Gasteiger partial charge is 0.493 e. The fourth-order valence-corrected chi connectivity index (χ4v) is 2.53. The maximum Gasteiger partial charge on any atom is 0.255 e. The molecule has 0 saturated carbocycles. The molecule has 0 spiro atoms. The quantitative estimate of drug-likeness (QED) is 0.847. The highest BCUT2D eigenvalue weighted by Crippen LogP contribution is 2.20. The number of para-hydroxylation sites is 1. The molecular formula is C19H23FN2O2. The lowest BCUT2D eigenvalue weighted by Crippen LogP contribution is -2.34. The number of carbonyl (C=O) groups excluding carboxylic acids is 1. The minimum absolute atomic E-state index is 0.121. The minimum atomic E-state index is -0.285. The van der Waals surface area contributed by atoms with E-state index in [4.69, 9.17) is 4.74 Å². The van der Waals surface area contributed by atoms with Crippen molar-refractivity contribution in [1.82, 2.24) is 10.2 Å². The standard InChI is InChI=1S/C19H23FN2O2/c1-4-24-18-11-6-5-10-16(18)19(23)21-13-17(22(2)3)14-8-7-9-15(20)12-14/h5-12,17H,4,13H2,1-3H3,(H,21,23)/t17-/m0/s1. The van der Waals surface area contributed by atoms with E-state index in [9.17, 15) is 9.18 Å². The number of rotatable bonds is 7. The van der Waals surface area contributed by atoms with Crippen molar-refractivity contribution in [2.45, 2.75) is 13.0 Å². The second kappa shape index (κ2) is 8.45. The van der Waals surface area contributed by atoms with E-state index < -0.39 is 0 Å². The maximum absolute atomic E-state index is 13.5. The summed E-state index contributed by atoms with van der Waals surface area (Å²) in [4.78, 5) is 14.4. The van der Waals surface area contributed by atoms with Crippen LogP contribution >= 0.6 is 0 Å². The number of benzene rings is 2. The van der Waals surface area contributed by atoms with Crippen molar-refractivity contribution in [3.05, 3.63) is 65.5 Å². The number of amides is 1. The monoisotopic (exact) mass is 330 g/mol. The van der Waals surface area contributed by atoms with Gasteiger partial charge in [-0.25, -0.2) is 4.39 Å². The van der Waals surface area contributed by atoms with Gasteiger partial charge in [0.15, 0.2) is 0 Å². The summed E-state index contributed by atoms with van der Waals surface area (Å²) < 4.78 is 19.0. The molecule has 1 amide bonds. The Kier molecular flexibility index (Phi) is 6.32. The van der Waals surface area contributed by atoms with E-state index in [0.717, 1.165) is 5.56 Å². The number of carbonyl (C=O) groups is 1. The third kappa shape index (κ3) is 4.55. The van der Waals surface area contributed by atoms with E-state index in [1.54, 1.807) is 24.3 Å². The van der Waals surface area contributed by atoms with Crippen LogP contribution in [0.5, 0.6) is 5.75 Å². The van der Waals surface area contributed by atoms with Crippen LogP contribution < -0.4 is 10.1 Å². The molecule has 2 aromatic carbocycles. The van der Waals surface area contributed by atoms with E-state index >= 15 is 0 Å². The van der Waals surface area contributed by atoms with E-state index in [1.807, 2.05) is 38.1 Å². The molecule has 0 aliphatic rings. The van der Waals surface area contributed by atoms with Gasteiger partial charge in [-0.3, -0.25) is 4.79 Å². The van der Waals surface area contributed by atoms with Crippen LogP contribution in [0.15, 0.2) is 48.5 Å². The van der Waals surface area contributed by atoms with Crippen LogP contribution in [0.1, 0.15) is 28.9 Å². The van der Waals surface area contributed by atoms with Gasteiger partial charge in [-0.05, 0) is 50.8 Å². The Morgan fingerprint density at radius 1 is 1.21 bits per heavy atom. The molecule has 0 aromatic heterocycles. The Balaban J connectivity index is 2.11. The lowest BCUT2D eigenvalue weighted by atomic mass is 10.1. The average Bonchev–Trinajstić information content (AvgIpc) is 2.55. The Hall–Kier alpha value is -2.40. The molecule has 128 valence electrons. The summed E-state index contributed by atoms with van der Waals surface area (Å²) >= 11 is 0. The molecule has 0 bridgehead atoms. The van der Waals surface area contributed by atoms with Gasteiger partial charge in [0.25, 0.3) is 5.91 Å².